The van der Waals surface area contributed by atoms with Gasteiger partial charge in [-0.05, 0) is 11.5 Å². The molecule has 0 spiro atoms. The van der Waals surface area contributed by atoms with Crippen LogP contribution in [0.15, 0.2) is 60.7 Å². The van der Waals surface area contributed by atoms with Crippen LogP contribution in [0.25, 0.3) is 32.6 Å². The molecule has 0 saturated carbocycles. The maximum absolute atomic E-state index is 7.97. The molecule has 3 aromatic carbocycles. The molecule has 0 atom stereocenters. The third kappa shape index (κ3) is 3.19. The van der Waals surface area contributed by atoms with Gasteiger partial charge in [0.2, 0.25) is 0 Å². The lowest BCUT2D eigenvalue weighted by atomic mass is 10.0. The lowest BCUT2D eigenvalue weighted by molar-refractivity contribution is 0.509. The van der Waals surface area contributed by atoms with Crippen LogP contribution in [0.2, 0.25) is 0 Å². The molecule has 136 valence electrons. The van der Waals surface area contributed by atoms with Crippen LogP contribution < -0.4 is 5.32 Å². The van der Waals surface area contributed by atoms with E-state index in [9.17, 15) is 0 Å². The summed E-state index contributed by atoms with van der Waals surface area (Å²) in [6, 6.07) is 21.0. The van der Waals surface area contributed by atoms with Gasteiger partial charge in [-0.3, -0.25) is 5.41 Å². The number of aromatic nitrogens is 1. The second-order valence-corrected chi connectivity index (χ2v) is 6.84. The highest BCUT2D eigenvalue weighted by atomic mass is 15.1. The molecule has 0 aliphatic carbocycles. The summed E-state index contributed by atoms with van der Waals surface area (Å²) < 4.78 is 0. The Labute approximate surface area is 159 Å². The zero-order valence-corrected chi connectivity index (χ0v) is 15.8. The minimum absolute atomic E-state index is 0.659. The van der Waals surface area contributed by atoms with Gasteiger partial charge in [-0.25, -0.2) is 4.98 Å². The normalized spacial score (nSPS) is 11.2. The van der Waals surface area contributed by atoms with E-state index in [-0.39, 0.29) is 0 Å². The van der Waals surface area contributed by atoms with E-state index in [2.05, 4.69) is 59.9 Å². The van der Waals surface area contributed by atoms with Gasteiger partial charge in [-0.1, -0.05) is 61.5 Å². The molecule has 0 radical (unpaired) electrons. The van der Waals surface area contributed by atoms with Crippen LogP contribution in [-0.2, 0) is 0 Å². The molecule has 4 rings (SSSR count). The number of nitrogens with zero attached hydrogens (tertiary/aromatic N) is 2. The van der Waals surface area contributed by atoms with E-state index in [1.54, 1.807) is 0 Å². The van der Waals surface area contributed by atoms with Gasteiger partial charge < -0.3 is 10.2 Å². The Hall–Kier alpha value is -3.14. The number of rotatable bonds is 5. The van der Waals surface area contributed by atoms with E-state index in [1.165, 1.54) is 10.8 Å². The Morgan fingerprint density at radius 2 is 1.70 bits per heavy atom. The molecular formula is C23H24N4. The van der Waals surface area contributed by atoms with Crippen LogP contribution in [0.3, 0.4) is 0 Å². The van der Waals surface area contributed by atoms with Gasteiger partial charge in [0.05, 0.1) is 22.6 Å². The minimum atomic E-state index is 0.659. The number of nitrogens with one attached hydrogen (secondary N) is 2. The molecule has 0 saturated heterocycles. The first-order valence-corrected chi connectivity index (χ1v) is 9.41. The van der Waals surface area contributed by atoms with Crippen molar-refractivity contribution in [3.8, 4) is 0 Å². The third-order valence-electron chi connectivity index (χ3n) is 5.12. The molecule has 0 fully saturated rings. The molecule has 4 heteroatoms. The van der Waals surface area contributed by atoms with E-state index in [1.807, 2.05) is 24.9 Å². The SMILES string of the molecule is CCC(=N)N(C)CCNc1c2ccccc2nc2c1ccc1ccccc12. The molecule has 27 heavy (non-hydrogen) atoms. The highest BCUT2D eigenvalue weighted by Gasteiger charge is 2.11. The van der Waals surface area contributed by atoms with Gasteiger partial charge in [0.25, 0.3) is 0 Å². The Morgan fingerprint density at radius 1 is 0.963 bits per heavy atom. The summed E-state index contributed by atoms with van der Waals surface area (Å²) in [6.07, 6.45) is 0.754. The lowest BCUT2D eigenvalue weighted by Gasteiger charge is -2.20. The Morgan fingerprint density at radius 3 is 2.52 bits per heavy atom. The number of hydrogen-bond donors (Lipinski definition) is 2. The second-order valence-electron chi connectivity index (χ2n) is 6.84. The molecule has 4 aromatic rings. The minimum Gasteiger partial charge on any atom is -0.382 e. The average Bonchev–Trinajstić information content (AvgIpc) is 2.72. The quantitative estimate of drug-likeness (QED) is 0.222. The van der Waals surface area contributed by atoms with Crippen LogP contribution in [0, 0.1) is 5.41 Å². The molecule has 0 aliphatic heterocycles. The Balaban J connectivity index is 1.81. The summed E-state index contributed by atoms with van der Waals surface area (Å²) in [5.41, 5.74) is 3.15. The summed E-state index contributed by atoms with van der Waals surface area (Å²) in [5, 5.41) is 16.2. The molecule has 0 aliphatic rings. The van der Waals surface area contributed by atoms with Gasteiger partial charge >= 0.3 is 0 Å². The predicted octanol–water partition coefficient (Wildman–Crippen LogP) is 5.27. The van der Waals surface area contributed by atoms with Gasteiger partial charge in [0.15, 0.2) is 0 Å². The van der Waals surface area contributed by atoms with Crippen molar-refractivity contribution in [2.75, 3.05) is 25.5 Å². The van der Waals surface area contributed by atoms with Crippen molar-refractivity contribution in [3.63, 3.8) is 0 Å². The van der Waals surface area contributed by atoms with Crippen LogP contribution in [0.5, 0.6) is 0 Å². The zero-order chi connectivity index (χ0) is 18.8. The van der Waals surface area contributed by atoms with E-state index < -0.39 is 0 Å². The third-order valence-corrected chi connectivity index (χ3v) is 5.12. The highest BCUT2D eigenvalue weighted by molar-refractivity contribution is 6.15. The smallest absolute Gasteiger partial charge is 0.0952 e. The van der Waals surface area contributed by atoms with Crippen molar-refractivity contribution in [1.82, 2.24) is 9.88 Å². The van der Waals surface area contributed by atoms with Gasteiger partial charge in [0.1, 0.15) is 0 Å². The summed E-state index contributed by atoms with van der Waals surface area (Å²) in [7, 11) is 1.98. The lowest BCUT2D eigenvalue weighted by Crippen LogP contribution is -2.30. The topological polar surface area (TPSA) is 52.0 Å². The standard InChI is InChI=1S/C23H24N4/c1-3-21(24)27(2)15-14-25-22-18-10-6-7-11-20(18)26-23-17-9-5-4-8-16(17)12-13-19(22)23/h4-13,24H,3,14-15H2,1-2H3,(H,25,26). The number of pyridine rings is 1. The maximum Gasteiger partial charge on any atom is 0.0952 e. The number of likely N-dealkylation sites (N-methyl/N-ethyl adjacent to an activating group) is 1. The van der Waals surface area contributed by atoms with Crippen molar-refractivity contribution in [2.24, 2.45) is 0 Å². The van der Waals surface area contributed by atoms with Crippen molar-refractivity contribution >= 4 is 44.1 Å². The first-order valence-electron chi connectivity index (χ1n) is 9.41. The number of fused-ring (bicyclic) bond motifs is 4. The molecule has 0 amide bonds. The van der Waals surface area contributed by atoms with Gasteiger partial charge in [-0.15, -0.1) is 0 Å². The van der Waals surface area contributed by atoms with Crippen molar-refractivity contribution < 1.29 is 0 Å². The summed E-state index contributed by atoms with van der Waals surface area (Å²) in [4.78, 5) is 6.96. The molecule has 0 bridgehead atoms. The average molecular weight is 356 g/mol. The van der Waals surface area contributed by atoms with E-state index in [0.29, 0.717) is 5.84 Å². The molecule has 2 N–H and O–H groups in total. The van der Waals surface area contributed by atoms with Crippen LogP contribution in [0.4, 0.5) is 5.69 Å². The van der Waals surface area contributed by atoms with Crippen molar-refractivity contribution in [3.05, 3.63) is 60.7 Å². The number of para-hydroxylation sites is 1. The fourth-order valence-corrected chi connectivity index (χ4v) is 3.57. The van der Waals surface area contributed by atoms with Crippen LogP contribution in [0.1, 0.15) is 13.3 Å². The van der Waals surface area contributed by atoms with Crippen LogP contribution >= 0.6 is 0 Å². The number of amidine groups is 1. The van der Waals surface area contributed by atoms with Crippen molar-refractivity contribution in [1.29, 1.82) is 5.41 Å². The molecular weight excluding hydrogens is 332 g/mol. The predicted molar refractivity (Wildman–Crippen MR) is 116 cm³/mol. The van der Waals surface area contributed by atoms with E-state index in [4.69, 9.17) is 10.4 Å². The number of hydrogen-bond acceptors (Lipinski definition) is 3. The first kappa shape index (κ1) is 17.3. The highest BCUT2D eigenvalue weighted by Crippen LogP contribution is 2.34. The number of anilines is 1. The van der Waals surface area contributed by atoms with E-state index >= 15 is 0 Å². The monoisotopic (exact) mass is 356 g/mol. The second kappa shape index (κ2) is 7.23. The van der Waals surface area contributed by atoms with Crippen molar-refractivity contribution in [2.45, 2.75) is 13.3 Å². The van der Waals surface area contributed by atoms with Gasteiger partial charge in [-0.2, -0.15) is 0 Å². The number of benzene rings is 3. The largest absolute Gasteiger partial charge is 0.382 e. The fraction of sp³-hybridized carbons (Fsp3) is 0.217. The zero-order valence-electron chi connectivity index (χ0n) is 15.8. The summed E-state index contributed by atoms with van der Waals surface area (Å²) in [5.74, 6) is 0.659. The Kier molecular flexibility index (Phi) is 4.63. The van der Waals surface area contributed by atoms with Gasteiger partial charge in [0, 0.05) is 42.7 Å². The first-order chi connectivity index (χ1) is 13.2. The Bertz CT molecular complexity index is 1130. The summed E-state index contributed by atoms with van der Waals surface area (Å²) in [6.45, 7) is 3.58. The molecule has 1 heterocycles. The molecule has 0 unspecified atom stereocenters. The fourth-order valence-electron chi connectivity index (χ4n) is 3.57. The van der Waals surface area contributed by atoms with Crippen LogP contribution in [-0.4, -0.2) is 35.9 Å². The summed E-state index contributed by atoms with van der Waals surface area (Å²) >= 11 is 0. The molecule has 4 nitrogen and oxygen atoms in total. The molecule has 1 aromatic heterocycles. The van der Waals surface area contributed by atoms with E-state index in [0.717, 1.165) is 47.0 Å². The maximum atomic E-state index is 7.97.